The Bertz CT molecular complexity index is 1150. The zero-order chi connectivity index (χ0) is 19.3. The number of rotatable bonds is 5. The van der Waals surface area contributed by atoms with Crippen LogP contribution in [-0.4, -0.2) is 30.1 Å². The van der Waals surface area contributed by atoms with Gasteiger partial charge in [-0.15, -0.1) is 0 Å². The number of anilines is 3. The number of aromatic amines is 2. The van der Waals surface area contributed by atoms with E-state index in [4.69, 9.17) is 22.3 Å². The summed E-state index contributed by atoms with van der Waals surface area (Å²) in [5, 5.41) is 8.30. The van der Waals surface area contributed by atoms with Gasteiger partial charge in [-0.3, -0.25) is 5.10 Å². The third kappa shape index (κ3) is 2.95. The van der Waals surface area contributed by atoms with Crippen LogP contribution < -0.4 is 10.6 Å². The van der Waals surface area contributed by atoms with Crippen LogP contribution in [0.3, 0.4) is 0 Å². The number of fused-ring (bicyclic) bond motifs is 1. The van der Waals surface area contributed by atoms with Gasteiger partial charge in [-0.1, -0.05) is 11.6 Å². The Morgan fingerprint density at radius 2 is 2.07 bits per heavy atom. The summed E-state index contributed by atoms with van der Waals surface area (Å²) in [6.45, 7) is 2.05. The van der Waals surface area contributed by atoms with E-state index in [1.54, 1.807) is 12.4 Å². The minimum atomic E-state index is -0.153. The van der Waals surface area contributed by atoms with Crippen LogP contribution in [-0.2, 0) is 0 Å². The molecule has 4 aromatic rings. The van der Waals surface area contributed by atoms with Gasteiger partial charge in [-0.2, -0.15) is 10.1 Å². The summed E-state index contributed by atoms with van der Waals surface area (Å²) >= 11 is 6.27. The number of hydrogen-bond donors (Lipinski definition) is 3. The second-order valence-electron chi connectivity index (χ2n) is 7.04. The molecule has 4 N–H and O–H groups in total. The lowest BCUT2D eigenvalue weighted by Crippen LogP contribution is -2.24. The van der Waals surface area contributed by atoms with Crippen molar-refractivity contribution in [3.8, 4) is 0 Å². The molecule has 4 aromatic heterocycles. The molecule has 8 nitrogen and oxygen atoms in total. The molecule has 142 valence electrons. The van der Waals surface area contributed by atoms with Crippen LogP contribution in [0.5, 0.6) is 0 Å². The van der Waals surface area contributed by atoms with E-state index in [1.807, 2.05) is 23.1 Å². The Morgan fingerprint density at radius 3 is 2.86 bits per heavy atom. The molecule has 0 radical (unpaired) electrons. The van der Waals surface area contributed by atoms with Crippen LogP contribution >= 0.6 is 11.6 Å². The average Bonchev–Trinajstić information content (AvgIpc) is 3.33. The van der Waals surface area contributed by atoms with Crippen LogP contribution in [0.25, 0.3) is 11.0 Å². The van der Waals surface area contributed by atoms with Gasteiger partial charge in [0.05, 0.1) is 22.3 Å². The van der Waals surface area contributed by atoms with Crippen LogP contribution in [0.15, 0.2) is 36.7 Å². The first-order valence-electron chi connectivity index (χ1n) is 9.17. The van der Waals surface area contributed by atoms with Gasteiger partial charge in [-0.05, 0) is 38.0 Å². The van der Waals surface area contributed by atoms with Gasteiger partial charge in [0.2, 0.25) is 5.95 Å². The topological polar surface area (TPSA) is 112 Å². The number of pyridine rings is 1. The van der Waals surface area contributed by atoms with E-state index in [1.165, 1.54) is 12.8 Å². The van der Waals surface area contributed by atoms with E-state index >= 15 is 0 Å². The van der Waals surface area contributed by atoms with Crippen molar-refractivity contribution in [3.05, 3.63) is 53.1 Å². The molecule has 0 saturated heterocycles. The molecule has 1 atom stereocenters. The maximum atomic E-state index is 6.27. The number of nitrogens with zero attached hydrogens (tertiary/aromatic N) is 5. The van der Waals surface area contributed by atoms with Crippen molar-refractivity contribution < 1.29 is 0 Å². The second kappa shape index (κ2) is 6.49. The molecule has 0 bridgehead atoms. The van der Waals surface area contributed by atoms with Gasteiger partial charge >= 0.3 is 0 Å². The van der Waals surface area contributed by atoms with Crippen molar-refractivity contribution >= 4 is 40.2 Å². The molecule has 9 heteroatoms. The fourth-order valence-corrected chi connectivity index (χ4v) is 3.61. The molecule has 1 unspecified atom stereocenters. The highest BCUT2D eigenvalue weighted by Crippen LogP contribution is 2.41. The Morgan fingerprint density at radius 1 is 1.21 bits per heavy atom. The van der Waals surface area contributed by atoms with E-state index in [0.717, 1.165) is 28.2 Å². The zero-order valence-electron chi connectivity index (χ0n) is 15.2. The molecule has 1 saturated carbocycles. The predicted molar refractivity (Wildman–Crippen MR) is 109 cm³/mol. The van der Waals surface area contributed by atoms with E-state index < -0.39 is 0 Å². The maximum Gasteiger partial charge on any atom is 0.221 e. The molecule has 1 aliphatic rings. The fourth-order valence-electron chi connectivity index (χ4n) is 3.41. The highest BCUT2D eigenvalue weighted by Gasteiger charge is 2.29. The van der Waals surface area contributed by atoms with Crippen molar-refractivity contribution in [2.45, 2.75) is 31.7 Å². The van der Waals surface area contributed by atoms with Crippen molar-refractivity contribution in [2.24, 2.45) is 0 Å². The second-order valence-corrected chi connectivity index (χ2v) is 7.45. The lowest BCUT2D eigenvalue weighted by atomic mass is 10.1. The Labute approximate surface area is 166 Å². The lowest BCUT2D eigenvalue weighted by molar-refractivity contribution is 0.727. The smallest absolute Gasteiger partial charge is 0.221 e. The number of nitrogens with one attached hydrogen (secondary N) is 2. The van der Waals surface area contributed by atoms with Gasteiger partial charge in [0.25, 0.3) is 0 Å². The maximum absolute atomic E-state index is 6.27. The van der Waals surface area contributed by atoms with Crippen LogP contribution in [0.4, 0.5) is 17.6 Å². The van der Waals surface area contributed by atoms with E-state index in [9.17, 15) is 0 Å². The van der Waals surface area contributed by atoms with Gasteiger partial charge in [0.1, 0.15) is 11.3 Å². The molecule has 0 amide bonds. The van der Waals surface area contributed by atoms with Gasteiger partial charge < -0.3 is 15.6 Å². The zero-order valence-corrected chi connectivity index (χ0v) is 16.0. The largest absolute Gasteiger partial charge is 0.368 e. The Kier molecular flexibility index (Phi) is 3.94. The van der Waals surface area contributed by atoms with Crippen molar-refractivity contribution in [2.75, 3.05) is 10.6 Å². The third-order valence-electron chi connectivity index (χ3n) is 5.07. The summed E-state index contributed by atoms with van der Waals surface area (Å²) in [5.41, 5.74) is 9.48. The van der Waals surface area contributed by atoms with Crippen molar-refractivity contribution in [1.29, 1.82) is 0 Å². The fraction of sp³-hybridized carbons (Fsp3) is 0.263. The summed E-state index contributed by atoms with van der Waals surface area (Å²) in [5.74, 6) is 2.22. The number of H-pyrrole nitrogens is 2. The molecular formula is C19H19ClN8. The van der Waals surface area contributed by atoms with Gasteiger partial charge in [0, 0.05) is 30.1 Å². The number of nitrogens with two attached hydrogens (primary N) is 1. The Hall–Kier alpha value is -3.13. The first-order valence-corrected chi connectivity index (χ1v) is 9.54. The monoisotopic (exact) mass is 394 g/mol. The van der Waals surface area contributed by atoms with E-state index in [2.05, 4.69) is 38.1 Å². The highest BCUT2D eigenvalue weighted by atomic mass is 35.5. The number of aromatic nitrogens is 6. The molecule has 0 aromatic carbocycles. The summed E-state index contributed by atoms with van der Waals surface area (Å²) in [4.78, 5) is 18.3. The molecule has 1 fully saturated rings. The summed E-state index contributed by atoms with van der Waals surface area (Å²) in [6.07, 6.45) is 5.78. The standard InChI is InChI=1S/C19H19ClN8/c1-10(13-4-5-14-18(24-13)12(20)9-23-14)28(16-6-7-22-19(21)25-16)17-8-15(26-27-17)11-2-3-11/h4-11,23H,2-3H2,1H3,(H,26,27)(H2,21,22,25). The van der Waals surface area contributed by atoms with Crippen LogP contribution in [0.2, 0.25) is 5.02 Å². The first-order chi connectivity index (χ1) is 13.6. The Balaban J connectivity index is 1.59. The minimum absolute atomic E-state index is 0.153. The molecule has 0 spiro atoms. The van der Waals surface area contributed by atoms with Crippen molar-refractivity contribution in [1.82, 2.24) is 30.1 Å². The molecule has 0 aliphatic heterocycles. The molecular weight excluding hydrogens is 376 g/mol. The van der Waals surface area contributed by atoms with Crippen LogP contribution in [0, 0.1) is 0 Å². The summed E-state index contributed by atoms with van der Waals surface area (Å²) in [7, 11) is 0. The predicted octanol–water partition coefficient (Wildman–Crippen LogP) is 4.09. The lowest BCUT2D eigenvalue weighted by Gasteiger charge is -2.28. The molecule has 28 heavy (non-hydrogen) atoms. The SMILES string of the molecule is CC(c1ccc2[nH]cc(Cl)c2n1)N(c1cc(C2CC2)[nH]n1)c1ccnc(N)n1. The molecule has 4 heterocycles. The highest BCUT2D eigenvalue weighted by molar-refractivity contribution is 6.35. The van der Waals surface area contributed by atoms with E-state index in [-0.39, 0.29) is 12.0 Å². The van der Waals surface area contributed by atoms with Crippen molar-refractivity contribution in [3.63, 3.8) is 0 Å². The normalized spacial score (nSPS) is 15.1. The quantitative estimate of drug-likeness (QED) is 0.470. The molecule has 1 aliphatic carbocycles. The summed E-state index contributed by atoms with van der Waals surface area (Å²) in [6, 6.07) is 7.70. The first kappa shape index (κ1) is 17.0. The van der Waals surface area contributed by atoms with Crippen LogP contribution in [0.1, 0.15) is 43.1 Å². The minimum Gasteiger partial charge on any atom is -0.368 e. The average molecular weight is 395 g/mol. The molecule has 5 rings (SSSR count). The van der Waals surface area contributed by atoms with E-state index in [0.29, 0.717) is 16.8 Å². The third-order valence-corrected chi connectivity index (χ3v) is 5.36. The number of hydrogen-bond acceptors (Lipinski definition) is 6. The van der Waals surface area contributed by atoms with Gasteiger partial charge in [0.15, 0.2) is 5.82 Å². The number of halogens is 1. The summed E-state index contributed by atoms with van der Waals surface area (Å²) < 4.78 is 0. The van der Waals surface area contributed by atoms with Gasteiger partial charge in [-0.25, -0.2) is 9.97 Å². The number of nitrogen functional groups attached to an aromatic ring is 1.